The molecule has 0 spiro atoms. The van der Waals surface area contributed by atoms with Crippen molar-refractivity contribution in [1.82, 2.24) is 10.9 Å². The summed E-state index contributed by atoms with van der Waals surface area (Å²) in [5.41, 5.74) is 8.97. The molecular weight excluding hydrogens is 320 g/mol. The van der Waals surface area contributed by atoms with E-state index in [4.69, 9.17) is 21.7 Å². The van der Waals surface area contributed by atoms with E-state index >= 15 is 0 Å². The van der Waals surface area contributed by atoms with Crippen molar-refractivity contribution in [3.63, 3.8) is 0 Å². The molecule has 2 aromatic rings. The highest BCUT2D eigenvalue weighted by atomic mass is 32.1. The van der Waals surface area contributed by atoms with Gasteiger partial charge in [-0.3, -0.25) is 0 Å². The fourth-order valence-corrected chi connectivity index (χ4v) is 2.47. The van der Waals surface area contributed by atoms with Gasteiger partial charge in [0, 0.05) is 19.0 Å². The number of aryl methyl sites for hydroxylation is 1. The van der Waals surface area contributed by atoms with Crippen molar-refractivity contribution in [3.05, 3.63) is 65.2 Å². The van der Waals surface area contributed by atoms with Crippen LogP contribution in [-0.4, -0.2) is 25.2 Å². The number of hydrogen-bond donors (Lipinski definition) is 2. The zero-order chi connectivity index (χ0) is 17.2. The van der Waals surface area contributed by atoms with E-state index in [1.54, 1.807) is 7.05 Å². The Labute approximate surface area is 149 Å². The summed E-state index contributed by atoms with van der Waals surface area (Å²) in [6.07, 6.45) is 0.855. The van der Waals surface area contributed by atoms with Gasteiger partial charge in [0.25, 0.3) is 0 Å². The summed E-state index contributed by atoms with van der Waals surface area (Å²) in [5.74, 6) is 0.883. The summed E-state index contributed by atoms with van der Waals surface area (Å²) in [5, 5.41) is 0. The second kappa shape index (κ2) is 10.0. The summed E-state index contributed by atoms with van der Waals surface area (Å²) >= 11 is 5.27. The normalized spacial score (nSPS) is 10.4. The van der Waals surface area contributed by atoms with Gasteiger partial charge in [0.2, 0.25) is 0 Å². The summed E-state index contributed by atoms with van der Waals surface area (Å²) in [7, 11) is 1.79. The number of nitrogens with one attached hydrogen (secondary N) is 2. The minimum Gasteiger partial charge on any atom is -0.493 e. The second-order valence-electron chi connectivity index (χ2n) is 5.42. The number of hydrazine groups is 1. The van der Waals surface area contributed by atoms with E-state index < -0.39 is 0 Å². The van der Waals surface area contributed by atoms with Crippen LogP contribution in [0.1, 0.15) is 23.1 Å². The van der Waals surface area contributed by atoms with Crippen molar-refractivity contribution < 1.29 is 9.47 Å². The van der Waals surface area contributed by atoms with Gasteiger partial charge in [0.1, 0.15) is 10.7 Å². The Hall–Kier alpha value is -1.95. The Morgan fingerprint density at radius 3 is 2.58 bits per heavy atom. The average Bonchev–Trinajstić information content (AvgIpc) is 2.60. The lowest BCUT2D eigenvalue weighted by atomic mass is 10.1. The highest BCUT2D eigenvalue weighted by Crippen LogP contribution is 2.19. The van der Waals surface area contributed by atoms with Crippen LogP contribution in [0.2, 0.25) is 0 Å². The van der Waals surface area contributed by atoms with Crippen LogP contribution in [0, 0.1) is 6.92 Å². The molecule has 5 heteroatoms. The van der Waals surface area contributed by atoms with Gasteiger partial charge in [-0.2, -0.15) is 0 Å². The molecule has 128 valence electrons. The Balaban J connectivity index is 1.69. The molecule has 0 unspecified atom stereocenters. The third kappa shape index (κ3) is 5.92. The molecule has 0 bridgehead atoms. The molecule has 0 aliphatic rings. The van der Waals surface area contributed by atoms with E-state index in [0.717, 1.165) is 23.3 Å². The topological polar surface area (TPSA) is 42.5 Å². The Morgan fingerprint density at radius 1 is 1.08 bits per heavy atom. The summed E-state index contributed by atoms with van der Waals surface area (Å²) in [6, 6.07) is 16.1. The summed E-state index contributed by atoms with van der Waals surface area (Å²) < 4.78 is 11.5. The predicted octanol–water partition coefficient (Wildman–Crippen LogP) is 3.38. The van der Waals surface area contributed by atoms with Gasteiger partial charge < -0.3 is 14.9 Å². The van der Waals surface area contributed by atoms with E-state index in [-0.39, 0.29) is 0 Å². The van der Waals surface area contributed by atoms with E-state index in [2.05, 4.69) is 23.0 Å². The second-order valence-corrected chi connectivity index (χ2v) is 5.83. The average molecular weight is 344 g/mol. The standard InChI is InChI=1S/C19H24N2O2S/c1-15-13-17(19(24)21-20-2)9-10-18(15)23-12-6-11-22-14-16-7-4-3-5-8-16/h3-5,7-10,13,20H,6,11-12,14H2,1-2H3,(H,21,24). The maximum absolute atomic E-state index is 5.82. The van der Waals surface area contributed by atoms with Crippen molar-refractivity contribution in [1.29, 1.82) is 0 Å². The first kappa shape index (κ1) is 18.4. The highest BCUT2D eigenvalue weighted by Gasteiger charge is 2.05. The SMILES string of the molecule is CNNC(=S)c1ccc(OCCCOCc2ccccc2)c(C)c1. The maximum atomic E-state index is 5.82. The molecule has 0 heterocycles. The van der Waals surface area contributed by atoms with E-state index in [1.165, 1.54) is 5.56 Å². The minimum absolute atomic E-state index is 0.633. The van der Waals surface area contributed by atoms with Crippen molar-refractivity contribution in [3.8, 4) is 5.75 Å². The van der Waals surface area contributed by atoms with Gasteiger partial charge in [0.05, 0.1) is 19.8 Å². The molecule has 0 aromatic heterocycles. The van der Waals surface area contributed by atoms with Crippen molar-refractivity contribution in [2.24, 2.45) is 0 Å². The monoisotopic (exact) mass is 344 g/mol. The lowest BCUT2D eigenvalue weighted by Gasteiger charge is -2.12. The molecule has 0 radical (unpaired) electrons. The highest BCUT2D eigenvalue weighted by molar-refractivity contribution is 7.80. The maximum Gasteiger partial charge on any atom is 0.122 e. The smallest absolute Gasteiger partial charge is 0.122 e. The van der Waals surface area contributed by atoms with E-state index in [1.807, 2.05) is 43.3 Å². The van der Waals surface area contributed by atoms with Crippen LogP contribution in [0.4, 0.5) is 0 Å². The van der Waals surface area contributed by atoms with E-state index in [0.29, 0.717) is 24.8 Å². The first-order chi connectivity index (χ1) is 11.7. The van der Waals surface area contributed by atoms with Gasteiger partial charge in [0.15, 0.2) is 0 Å². The Bertz CT molecular complexity index is 647. The molecule has 0 saturated carbocycles. The van der Waals surface area contributed by atoms with Crippen molar-refractivity contribution in [2.75, 3.05) is 20.3 Å². The van der Waals surface area contributed by atoms with E-state index in [9.17, 15) is 0 Å². The molecule has 0 amide bonds. The van der Waals surface area contributed by atoms with Crippen LogP contribution in [-0.2, 0) is 11.3 Å². The number of hydrogen-bond acceptors (Lipinski definition) is 4. The first-order valence-electron chi connectivity index (χ1n) is 8.03. The van der Waals surface area contributed by atoms with Gasteiger partial charge in [-0.25, -0.2) is 5.43 Å². The third-order valence-electron chi connectivity index (χ3n) is 3.48. The molecule has 2 aromatic carbocycles. The van der Waals surface area contributed by atoms with Crippen LogP contribution in [0.3, 0.4) is 0 Å². The van der Waals surface area contributed by atoms with Gasteiger partial charge in [-0.1, -0.05) is 42.5 Å². The molecule has 24 heavy (non-hydrogen) atoms. The summed E-state index contributed by atoms with van der Waals surface area (Å²) in [6.45, 7) is 3.98. The third-order valence-corrected chi connectivity index (χ3v) is 3.82. The molecule has 0 aliphatic heterocycles. The fourth-order valence-electron chi connectivity index (χ4n) is 2.25. The lowest BCUT2D eigenvalue weighted by molar-refractivity contribution is 0.107. The predicted molar refractivity (Wildman–Crippen MR) is 101 cm³/mol. The van der Waals surface area contributed by atoms with Crippen LogP contribution < -0.4 is 15.6 Å². The Kier molecular flexibility index (Phi) is 7.68. The number of ether oxygens (including phenoxy) is 2. The molecule has 0 saturated heterocycles. The first-order valence-corrected chi connectivity index (χ1v) is 8.43. The quantitative estimate of drug-likeness (QED) is 0.415. The minimum atomic E-state index is 0.633. The number of rotatable bonds is 9. The number of thiocarbonyl (C=S) groups is 1. The fraction of sp³-hybridized carbons (Fsp3) is 0.316. The number of benzene rings is 2. The van der Waals surface area contributed by atoms with Crippen LogP contribution in [0.25, 0.3) is 0 Å². The molecular formula is C19H24N2O2S. The van der Waals surface area contributed by atoms with Crippen molar-refractivity contribution >= 4 is 17.2 Å². The van der Waals surface area contributed by atoms with Gasteiger partial charge in [-0.15, -0.1) is 0 Å². The molecule has 2 rings (SSSR count). The zero-order valence-electron chi connectivity index (χ0n) is 14.2. The largest absolute Gasteiger partial charge is 0.493 e. The molecule has 4 nitrogen and oxygen atoms in total. The molecule has 2 N–H and O–H groups in total. The molecule has 0 atom stereocenters. The van der Waals surface area contributed by atoms with Crippen LogP contribution in [0.5, 0.6) is 5.75 Å². The Morgan fingerprint density at radius 2 is 1.88 bits per heavy atom. The van der Waals surface area contributed by atoms with Gasteiger partial charge in [-0.05, 0) is 36.2 Å². The van der Waals surface area contributed by atoms with Crippen molar-refractivity contribution in [2.45, 2.75) is 20.0 Å². The van der Waals surface area contributed by atoms with Gasteiger partial charge >= 0.3 is 0 Å². The van der Waals surface area contributed by atoms with Crippen LogP contribution in [0.15, 0.2) is 48.5 Å². The summed E-state index contributed by atoms with van der Waals surface area (Å²) in [4.78, 5) is 0.668. The molecule has 0 aliphatic carbocycles. The lowest BCUT2D eigenvalue weighted by Crippen LogP contribution is -2.33. The zero-order valence-corrected chi connectivity index (χ0v) is 15.0. The van der Waals surface area contributed by atoms with Crippen LogP contribution >= 0.6 is 12.2 Å². The molecule has 0 fully saturated rings.